The molecule has 0 bridgehead atoms. The molecule has 1 saturated heterocycles. The summed E-state index contributed by atoms with van der Waals surface area (Å²) in [6, 6.07) is 5.40. The molecular formula is C13H12ClN3O3. The highest BCUT2D eigenvalue weighted by Gasteiger charge is 2.31. The molecule has 0 aliphatic carbocycles. The first-order chi connectivity index (χ1) is 9.54. The van der Waals surface area contributed by atoms with Crippen LogP contribution >= 0.6 is 11.6 Å². The topological polar surface area (TPSA) is 87.2 Å². The Kier molecular flexibility index (Phi) is 4.20. The van der Waals surface area contributed by atoms with Gasteiger partial charge >= 0.3 is 0 Å². The van der Waals surface area contributed by atoms with Crippen molar-refractivity contribution in [1.82, 2.24) is 4.90 Å². The Hall–Kier alpha value is -2.13. The average molecular weight is 294 g/mol. The van der Waals surface area contributed by atoms with Gasteiger partial charge in [0.1, 0.15) is 11.6 Å². The molecule has 1 aliphatic rings. The molecule has 0 radical (unpaired) electrons. The van der Waals surface area contributed by atoms with E-state index in [0.717, 1.165) is 12.8 Å². The fourth-order valence-electron chi connectivity index (χ4n) is 2.30. The van der Waals surface area contributed by atoms with Crippen LogP contribution in [0.15, 0.2) is 18.2 Å². The first-order valence-electron chi connectivity index (χ1n) is 6.19. The minimum atomic E-state index is -0.616. The highest BCUT2D eigenvalue weighted by atomic mass is 35.5. The zero-order valence-electron chi connectivity index (χ0n) is 10.6. The smallest absolute Gasteiger partial charge is 0.282 e. The number of rotatable bonds is 2. The third-order valence-corrected chi connectivity index (χ3v) is 3.53. The molecule has 6 nitrogen and oxygen atoms in total. The predicted octanol–water partition coefficient (Wildman–Crippen LogP) is 2.77. The van der Waals surface area contributed by atoms with Crippen LogP contribution in [-0.4, -0.2) is 28.3 Å². The van der Waals surface area contributed by atoms with Crippen molar-refractivity contribution in [2.75, 3.05) is 6.54 Å². The highest BCUT2D eigenvalue weighted by molar-refractivity contribution is 6.31. The van der Waals surface area contributed by atoms with Gasteiger partial charge in [-0.15, -0.1) is 0 Å². The molecular weight excluding hydrogens is 282 g/mol. The molecule has 20 heavy (non-hydrogen) atoms. The highest BCUT2D eigenvalue weighted by Crippen LogP contribution is 2.27. The number of nitriles is 1. The van der Waals surface area contributed by atoms with Crippen molar-refractivity contribution in [3.8, 4) is 6.07 Å². The van der Waals surface area contributed by atoms with Crippen molar-refractivity contribution in [2.45, 2.75) is 25.3 Å². The zero-order valence-corrected chi connectivity index (χ0v) is 11.3. The van der Waals surface area contributed by atoms with E-state index < -0.39 is 16.9 Å². The molecule has 1 fully saturated rings. The summed E-state index contributed by atoms with van der Waals surface area (Å²) in [5.74, 6) is -0.509. The lowest BCUT2D eigenvalue weighted by atomic mass is 10.0. The third kappa shape index (κ3) is 2.73. The quantitative estimate of drug-likeness (QED) is 0.619. The number of halogens is 1. The molecule has 104 valence electrons. The summed E-state index contributed by atoms with van der Waals surface area (Å²) in [6.07, 6.45) is 2.26. The molecule has 0 saturated carbocycles. The van der Waals surface area contributed by atoms with Crippen LogP contribution < -0.4 is 0 Å². The zero-order chi connectivity index (χ0) is 14.7. The molecule has 1 aromatic carbocycles. The van der Waals surface area contributed by atoms with Gasteiger partial charge in [0.2, 0.25) is 0 Å². The Labute approximate surface area is 120 Å². The average Bonchev–Trinajstić information content (AvgIpc) is 2.46. The maximum absolute atomic E-state index is 12.5. The van der Waals surface area contributed by atoms with E-state index in [2.05, 4.69) is 6.07 Å². The Morgan fingerprint density at radius 2 is 2.25 bits per heavy atom. The summed E-state index contributed by atoms with van der Waals surface area (Å²) in [5.41, 5.74) is -0.355. The summed E-state index contributed by atoms with van der Waals surface area (Å²) in [5, 5.41) is 20.3. The standard InChI is InChI=1S/C13H12ClN3O3/c14-9-4-5-12(17(19)20)11(7-9)13(18)16-6-2-1-3-10(16)8-15/h4-5,7,10H,1-3,6H2. The van der Waals surface area contributed by atoms with E-state index in [1.165, 1.54) is 23.1 Å². The summed E-state index contributed by atoms with van der Waals surface area (Å²) >= 11 is 5.82. The molecule has 1 amide bonds. The summed E-state index contributed by atoms with van der Waals surface area (Å²) < 4.78 is 0. The van der Waals surface area contributed by atoms with Crippen LogP contribution in [0.1, 0.15) is 29.6 Å². The van der Waals surface area contributed by atoms with Crippen molar-refractivity contribution >= 4 is 23.2 Å². The van der Waals surface area contributed by atoms with Gasteiger partial charge < -0.3 is 4.90 Å². The molecule has 1 heterocycles. The Morgan fingerprint density at radius 3 is 2.90 bits per heavy atom. The number of hydrogen-bond donors (Lipinski definition) is 0. The van der Waals surface area contributed by atoms with E-state index in [1.807, 2.05) is 0 Å². The van der Waals surface area contributed by atoms with Crippen LogP contribution in [0.2, 0.25) is 5.02 Å². The second kappa shape index (κ2) is 5.88. The van der Waals surface area contributed by atoms with Gasteiger partial charge in [-0.25, -0.2) is 0 Å². The van der Waals surface area contributed by atoms with Crippen molar-refractivity contribution in [1.29, 1.82) is 5.26 Å². The summed E-state index contributed by atoms with van der Waals surface area (Å²) in [7, 11) is 0. The van der Waals surface area contributed by atoms with Crippen molar-refractivity contribution in [3.05, 3.63) is 38.9 Å². The van der Waals surface area contributed by atoms with Gasteiger partial charge in [0, 0.05) is 17.6 Å². The van der Waals surface area contributed by atoms with Crippen molar-refractivity contribution in [2.24, 2.45) is 0 Å². The van der Waals surface area contributed by atoms with E-state index >= 15 is 0 Å². The Morgan fingerprint density at radius 1 is 1.50 bits per heavy atom. The van der Waals surface area contributed by atoms with Gasteiger partial charge in [0.25, 0.3) is 11.6 Å². The minimum absolute atomic E-state index is 0.0651. The number of nitro groups is 1. The second-order valence-electron chi connectivity index (χ2n) is 4.56. The van der Waals surface area contributed by atoms with Crippen LogP contribution in [-0.2, 0) is 0 Å². The number of carbonyl (C=O) groups excluding carboxylic acids is 1. The number of likely N-dealkylation sites (tertiary alicyclic amines) is 1. The van der Waals surface area contributed by atoms with Gasteiger partial charge in [-0.3, -0.25) is 14.9 Å². The Balaban J connectivity index is 2.40. The molecule has 1 aromatic rings. The molecule has 0 aromatic heterocycles. The molecule has 2 rings (SSSR count). The Bertz CT molecular complexity index is 597. The predicted molar refractivity (Wildman–Crippen MR) is 72.4 cm³/mol. The molecule has 1 atom stereocenters. The van der Waals surface area contributed by atoms with E-state index in [1.54, 1.807) is 0 Å². The summed E-state index contributed by atoms with van der Waals surface area (Å²) in [6.45, 7) is 0.431. The largest absolute Gasteiger partial charge is 0.322 e. The van der Waals surface area contributed by atoms with Crippen LogP contribution in [0.3, 0.4) is 0 Å². The SMILES string of the molecule is N#CC1CCCCN1C(=O)c1cc(Cl)ccc1[N+](=O)[O-]. The van der Waals surface area contributed by atoms with Crippen LogP contribution in [0.4, 0.5) is 5.69 Å². The monoisotopic (exact) mass is 293 g/mol. The van der Waals surface area contributed by atoms with Crippen LogP contribution in [0, 0.1) is 21.4 Å². The number of piperidine rings is 1. The van der Waals surface area contributed by atoms with E-state index in [4.69, 9.17) is 16.9 Å². The second-order valence-corrected chi connectivity index (χ2v) is 4.99. The lowest BCUT2D eigenvalue weighted by Gasteiger charge is -2.31. The van der Waals surface area contributed by atoms with Crippen molar-refractivity contribution < 1.29 is 9.72 Å². The van der Waals surface area contributed by atoms with E-state index in [0.29, 0.717) is 13.0 Å². The number of amides is 1. The normalized spacial score (nSPS) is 18.4. The van der Waals surface area contributed by atoms with Crippen LogP contribution in [0.5, 0.6) is 0 Å². The maximum Gasteiger partial charge on any atom is 0.282 e. The first-order valence-corrected chi connectivity index (χ1v) is 6.57. The molecule has 0 N–H and O–H groups in total. The fraction of sp³-hybridized carbons (Fsp3) is 0.385. The molecule has 0 spiro atoms. The number of hydrogen-bond acceptors (Lipinski definition) is 4. The number of carbonyl (C=O) groups is 1. The minimum Gasteiger partial charge on any atom is -0.322 e. The lowest BCUT2D eigenvalue weighted by molar-refractivity contribution is -0.385. The summed E-state index contributed by atoms with van der Waals surface area (Å²) in [4.78, 5) is 24.2. The number of nitro benzene ring substituents is 1. The van der Waals surface area contributed by atoms with Gasteiger partial charge in [-0.2, -0.15) is 5.26 Å². The number of nitrogens with zero attached hydrogens (tertiary/aromatic N) is 3. The van der Waals surface area contributed by atoms with Gasteiger partial charge in [0.05, 0.1) is 11.0 Å². The van der Waals surface area contributed by atoms with E-state index in [-0.39, 0.29) is 16.3 Å². The number of benzene rings is 1. The molecule has 7 heteroatoms. The van der Waals surface area contributed by atoms with Gasteiger partial charge in [0.15, 0.2) is 0 Å². The molecule has 1 aliphatic heterocycles. The third-order valence-electron chi connectivity index (χ3n) is 3.30. The van der Waals surface area contributed by atoms with Crippen LogP contribution in [0.25, 0.3) is 0 Å². The first kappa shape index (κ1) is 14.3. The maximum atomic E-state index is 12.5. The van der Waals surface area contributed by atoms with Gasteiger partial charge in [-0.1, -0.05) is 11.6 Å². The lowest BCUT2D eigenvalue weighted by Crippen LogP contribution is -2.43. The van der Waals surface area contributed by atoms with Gasteiger partial charge in [-0.05, 0) is 31.4 Å². The van der Waals surface area contributed by atoms with E-state index in [9.17, 15) is 14.9 Å². The fourth-order valence-corrected chi connectivity index (χ4v) is 2.47. The van der Waals surface area contributed by atoms with Crippen molar-refractivity contribution in [3.63, 3.8) is 0 Å². The molecule has 1 unspecified atom stereocenters.